The zero-order valence-electron chi connectivity index (χ0n) is 43.2. The van der Waals surface area contributed by atoms with E-state index in [1.165, 1.54) is 27.7 Å². The molecule has 0 bridgehead atoms. The number of carbonyl (C=O) groups is 6. The third-order valence-corrected chi connectivity index (χ3v) is 11.1. The predicted molar refractivity (Wildman–Crippen MR) is 261 cm³/mol. The highest BCUT2D eigenvalue weighted by atomic mass is 16.6. The van der Waals surface area contributed by atoms with E-state index in [0.717, 1.165) is 135 Å². The molecule has 15 heteroatoms. The van der Waals surface area contributed by atoms with Crippen molar-refractivity contribution in [2.45, 2.75) is 265 Å². The highest BCUT2D eigenvalue weighted by molar-refractivity contribution is 5.81. The topological polar surface area (TPSA) is 207 Å². The number of hydrogen-bond donors (Lipinski definition) is 2. The van der Waals surface area contributed by atoms with Gasteiger partial charge in [-0.05, 0) is 106 Å². The molecule has 0 saturated carbocycles. The van der Waals surface area contributed by atoms with Crippen LogP contribution < -0.4 is 0 Å². The van der Waals surface area contributed by atoms with Gasteiger partial charge in [-0.3, -0.25) is 9.59 Å². The standard InChI is InChI=1S/C53H92O15/c1-9-11-13-27-33-47(68-53(61)45(8)66-51(59)43(6)55)35-29-23-18-14-16-20-24-30-36-48(56)63-38-40(3)62-39-41(4)64-49(57)37-31-25-21-17-15-19-22-28-34-46(32-26-12-10-2)67-52(60)44(7)65-50(58)42(5)54/h22-23,28-29,40-47,54-55H,9-21,24-27,30-39H2,1-8H3/b28-22-,29-23-. The Labute approximate surface area is 409 Å². The van der Waals surface area contributed by atoms with Gasteiger partial charge in [-0.15, -0.1) is 0 Å². The molecule has 0 aliphatic carbocycles. The van der Waals surface area contributed by atoms with Crippen LogP contribution in [-0.2, 0) is 61.9 Å². The van der Waals surface area contributed by atoms with Gasteiger partial charge >= 0.3 is 35.8 Å². The van der Waals surface area contributed by atoms with E-state index in [1.807, 2.05) is 19.1 Å². The smallest absolute Gasteiger partial charge is 0.347 e. The largest absolute Gasteiger partial charge is 0.463 e. The molecule has 0 fully saturated rings. The van der Waals surface area contributed by atoms with Gasteiger partial charge in [0.2, 0.25) is 0 Å². The van der Waals surface area contributed by atoms with Crippen molar-refractivity contribution in [3.8, 4) is 0 Å². The fourth-order valence-corrected chi connectivity index (χ4v) is 6.84. The summed E-state index contributed by atoms with van der Waals surface area (Å²) >= 11 is 0. The Balaban J connectivity index is 4.13. The average Bonchev–Trinajstić information content (AvgIpc) is 3.29. The summed E-state index contributed by atoms with van der Waals surface area (Å²) in [6.07, 6.45) is 24.0. The van der Waals surface area contributed by atoms with Gasteiger partial charge in [0.1, 0.15) is 37.1 Å². The second kappa shape index (κ2) is 42.1. The van der Waals surface area contributed by atoms with Crippen LogP contribution in [0.3, 0.4) is 0 Å². The summed E-state index contributed by atoms with van der Waals surface area (Å²) in [4.78, 5) is 72.9. The lowest BCUT2D eigenvalue weighted by Gasteiger charge is -2.20. The molecular formula is C53H92O15. The summed E-state index contributed by atoms with van der Waals surface area (Å²) in [7, 11) is 0. The van der Waals surface area contributed by atoms with Gasteiger partial charge in [-0.25, -0.2) is 19.2 Å². The van der Waals surface area contributed by atoms with Crippen molar-refractivity contribution < 1.29 is 72.1 Å². The SMILES string of the molecule is CCCCCCC(C/C=C\CCCCCCCC(=O)OCC(C)OCC(C)OC(=O)CCCCCCC/C=C\CC(CCCCC)OC(=O)C(C)OC(=O)C(C)O)OC(=O)C(C)OC(=O)C(C)O. The summed E-state index contributed by atoms with van der Waals surface area (Å²) in [6.45, 7) is 13.7. The third-order valence-electron chi connectivity index (χ3n) is 11.1. The lowest BCUT2D eigenvalue weighted by atomic mass is 10.1. The highest BCUT2D eigenvalue weighted by Gasteiger charge is 2.26. The van der Waals surface area contributed by atoms with Crippen molar-refractivity contribution in [3.63, 3.8) is 0 Å². The molecule has 0 amide bonds. The lowest BCUT2D eigenvalue weighted by Crippen LogP contribution is -2.33. The molecule has 2 N–H and O–H groups in total. The minimum atomic E-state index is -1.31. The summed E-state index contributed by atoms with van der Waals surface area (Å²) in [5, 5.41) is 18.7. The molecule has 0 heterocycles. The quantitative estimate of drug-likeness (QED) is 0.0252. The Morgan fingerprint density at radius 2 is 0.838 bits per heavy atom. The minimum Gasteiger partial charge on any atom is -0.463 e. The van der Waals surface area contributed by atoms with Gasteiger partial charge in [-0.2, -0.15) is 0 Å². The van der Waals surface area contributed by atoms with Crippen LogP contribution >= 0.6 is 0 Å². The lowest BCUT2D eigenvalue weighted by molar-refractivity contribution is -0.174. The number of allylic oxidation sites excluding steroid dienone is 2. The molecule has 0 aliphatic rings. The van der Waals surface area contributed by atoms with E-state index in [-0.39, 0.29) is 43.5 Å². The van der Waals surface area contributed by atoms with Crippen molar-refractivity contribution in [3.05, 3.63) is 24.3 Å². The minimum absolute atomic E-state index is 0.135. The second-order valence-electron chi connectivity index (χ2n) is 18.1. The Morgan fingerprint density at radius 3 is 1.31 bits per heavy atom. The van der Waals surface area contributed by atoms with Gasteiger partial charge in [0.05, 0.1) is 12.7 Å². The molecule has 0 saturated heterocycles. The molecule has 68 heavy (non-hydrogen) atoms. The summed E-state index contributed by atoms with van der Waals surface area (Å²) in [5.74, 6) is -3.45. The van der Waals surface area contributed by atoms with E-state index in [2.05, 4.69) is 26.0 Å². The first-order valence-corrected chi connectivity index (χ1v) is 25.9. The normalized spacial score (nSPS) is 15.1. The molecule has 15 nitrogen and oxygen atoms in total. The van der Waals surface area contributed by atoms with Crippen molar-refractivity contribution >= 4 is 35.8 Å². The van der Waals surface area contributed by atoms with Gasteiger partial charge in [-0.1, -0.05) is 109 Å². The zero-order chi connectivity index (χ0) is 51.0. The summed E-state index contributed by atoms with van der Waals surface area (Å²) in [5.41, 5.74) is 0. The first-order valence-electron chi connectivity index (χ1n) is 25.9. The van der Waals surface area contributed by atoms with Crippen molar-refractivity contribution in [1.29, 1.82) is 0 Å². The van der Waals surface area contributed by atoms with Crippen LogP contribution in [0.4, 0.5) is 0 Å². The van der Waals surface area contributed by atoms with E-state index in [4.69, 9.17) is 33.2 Å². The Hall–Kier alpha value is -3.82. The monoisotopic (exact) mass is 969 g/mol. The number of rotatable bonds is 43. The number of aliphatic hydroxyl groups excluding tert-OH is 2. The fourth-order valence-electron chi connectivity index (χ4n) is 6.84. The Morgan fingerprint density at radius 1 is 0.426 bits per heavy atom. The number of carbonyl (C=O) groups excluding carboxylic acids is 6. The fraction of sp³-hybridized carbons (Fsp3) is 0.811. The maximum Gasteiger partial charge on any atom is 0.347 e. The molecular weight excluding hydrogens is 877 g/mol. The average molecular weight is 969 g/mol. The van der Waals surface area contributed by atoms with Crippen LogP contribution in [0.25, 0.3) is 0 Å². The highest BCUT2D eigenvalue weighted by Crippen LogP contribution is 2.17. The number of esters is 6. The zero-order valence-corrected chi connectivity index (χ0v) is 43.2. The molecule has 0 rings (SSSR count). The van der Waals surface area contributed by atoms with Gasteiger partial charge < -0.3 is 43.4 Å². The van der Waals surface area contributed by atoms with Crippen LogP contribution in [0, 0.1) is 0 Å². The van der Waals surface area contributed by atoms with E-state index < -0.39 is 54.4 Å². The molecule has 0 spiro atoms. The molecule has 0 aliphatic heterocycles. The van der Waals surface area contributed by atoms with E-state index in [0.29, 0.717) is 25.7 Å². The van der Waals surface area contributed by atoms with Crippen LogP contribution in [0.2, 0.25) is 0 Å². The summed E-state index contributed by atoms with van der Waals surface area (Å²) in [6, 6.07) is 0. The number of unbranched alkanes of at least 4 members (excludes halogenated alkanes) is 15. The van der Waals surface area contributed by atoms with Crippen LogP contribution in [-0.4, -0.2) is 108 Å². The molecule has 0 aromatic heterocycles. The first-order chi connectivity index (χ1) is 32.5. The van der Waals surface area contributed by atoms with Gasteiger partial charge in [0.25, 0.3) is 0 Å². The Kier molecular flexibility index (Phi) is 39.7. The van der Waals surface area contributed by atoms with E-state index in [1.54, 1.807) is 6.92 Å². The number of hydrogen-bond acceptors (Lipinski definition) is 15. The van der Waals surface area contributed by atoms with Gasteiger partial charge in [0, 0.05) is 25.7 Å². The Bertz CT molecular complexity index is 1410. The third kappa shape index (κ3) is 37.1. The maximum atomic E-state index is 12.5. The first kappa shape index (κ1) is 64.2. The molecule has 0 radical (unpaired) electrons. The van der Waals surface area contributed by atoms with Crippen LogP contribution in [0.15, 0.2) is 24.3 Å². The van der Waals surface area contributed by atoms with E-state index in [9.17, 15) is 39.0 Å². The molecule has 0 aromatic rings. The second-order valence-corrected chi connectivity index (χ2v) is 18.1. The maximum absolute atomic E-state index is 12.5. The van der Waals surface area contributed by atoms with Crippen molar-refractivity contribution in [1.82, 2.24) is 0 Å². The molecule has 8 unspecified atom stereocenters. The molecule has 8 atom stereocenters. The van der Waals surface area contributed by atoms with Crippen LogP contribution in [0.1, 0.15) is 216 Å². The van der Waals surface area contributed by atoms with Crippen molar-refractivity contribution in [2.75, 3.05) is 13.2 Å². The summed E-state index contributed by atoms with van der Waals surface area (Å²) < 4.78 is 37.9. The van der Waals surface area contributed by atoms with E-state index >= 15 is 0 Å². The molecule has 0 aromatic carbocycles. The number of ether oxygens (including phenoxy) is 7. The van der Waals surface area contributed by atoms with Crippen molar-refractivity contribution in [2.24, 2.45) is 0 Å². The number of aliphatic hydroxyl groups is 2. The molecule has 394 valence electrons. The van der Waals surface area contributed by atoms with Gasteiger partial charge in [0.15, 0.2) is 12.2 Å². The van der Waals surface area contributed by atoms with Crippen LogP contribution in [0.5, 0.6) is 0 Å². The predicted octanol–water partition coefficient (Wildman–Crippen LogP) is 10.2.